The molecule has 1 aliphatic rings. The van der Waals surface area contributed by atoms with E-state index in [4.69, 9.17) is 4.74 Å². The molecule has 4 heteroatoms. The van der Waals surface area contributed by atoms with E-state index in [1.54, 1.807) is 0 Å². The molecule has 0 unspecified atom stereocenters. The molecule has 4 heterocycles. The maximum absolute atomic E-state index is 6.35. The maximum Gasteiger partial charge on any atom is 0.152 e. The Morgan fingerprint density at radius 1 is 0.276 bits per heavy atom. The Kier molecular flexibility index (Phi) is 6.41. The quantitative estimate of drug-likeness (QED) is 0.176. The van der Waals surface area contributed by atoms with Crippen molar-refractivity contribution >= 4 is 65.4 Å². The van der Waals surface area contributed by atoms with Gasteiger partial charge in [-0.15, -0.1) is 0 Å². The maximum atomic E-state index is 6.35. The van der Waals surface area contributed by atoms with Crippen LogP contribution in [0, 0.1) is 0 Å². The summed E-state index contributed by atoms with van der Waals surface area (Å²) < 4.78 is 13.5. The Bertz CT molecular complexity index is 3640. The van der Waals surface area contributed by atoms with Gasteiger partial charge in [0.1, 0.15) is 0 Å². The average molecular weight is 740 g/mol. The monoisotopic (exact) mass is 739 g/mol. The first kappa shape index (κ1) is 31.4. The molecule has 0 saturated carbocycles. The predicted molar refractivity (Wildman–Crippen MR) is 240 cm³/mol. The third kappa shape index (κ3) is 4.40. The van der Waals surface area contributed by atoms with Gasteiger partial charge in [0, 0.05) is 43.7 Å². The second-order valence-corrected chi connectivity index (χ2v) is 15.3. The highest BCUT2D eigenvalue weighted by molar-refractivity contribution is 6.14. The van der Waals surface area contributed by atoms with Crippen LogP contribution in [-0.2, 0) is 0 Å². The van der Waals surface area contributed by atoms with Crippen LogP contribution in [0.25, 0.3) is 105 Å². The van der Waals surface area contributed by atoms with Gasteiger partial charge in [-0.2, -0.15) is 0 Å². The Morgan fingerprint density at radius 3 is 1.48 bits per heavy atom. The lowest BCUT2D eigenvalue weighted by Crippen LogP contribution is -2.03. The number of fused-ring (bicyclic) bond motifs is 11. The van der Waals surface area contributed by atoms with E-state index in [0.717, 1.165) is 28.4 Å². The van der Waals surface area contributed by atoms with Crippen molar-refractivity contribution in [2.45, 2.75) is 0 Å². The minimum atomic E-state index is 0.876. The highest BCUT2D eigenvalue weighted by atomic mass is 16.5. The number of hydrogen-bond acceptors (Lipinski definition) is 1. The number of para-hydroxylation sites is 6. The lowest BCUT2D eigenvalue weighted by atomic mass is 10.0. The highest BCUT2D eigenvalue weighted by Crippen LogP contribution is 2.46. The summed E-state index contributed by atoms with van der Waals surface area (Å²) in [5.74, 6) is 1.77. The molecule has 0 atom stereocenters. The molecule has 0 spiro atoms. The fraction of sp³-hybridized carbons (Fsp3) is 0. The van der Waals surface area contributed by atoms with Gasteiger partial charge in [0.2, 0.25) is 0 Å². The van der Waals surface area contributed by atoms with Crippen LogP contribution in [0.15, 0.2) is 200 Å². The lowest BCUT2D eigenvalue weighted by Gasteiger charge is -2.20. The van der Waals surface area contributed by atoms with Crippen molar-refractivity contribution < 1.29 is 4.74 Å². The summed E-state index contributed by atoms with van der Waals surface area (Å²) in [5.41, 5.74) is 15.3. The summed E-state index contributed by atoms with van der Waals surface area (Å²) in [5, 5.41) is 7.43. The van der Waals surface area contributed by atoms with Crippen molar-refractivity contribution in [3.05, 3.63) is 200 Å². The number of nitrogens with zero attached hydrogens (tertiary/aromatic N) is 3. The zero-order valence-corrected chi connectivity index (χ0v) is 31.3. The molecule has 0 N–H and O–H groups in total. The SMILES string of the molecule is c1ccc(-n2c3ccccc3c3cc(-c4ccc5c(c4)c4ccccc4n5-c4ccc(-c5ccc6c7cccc8c7n(c6c5)-c5ccccc5O8)cc4)ccc32)cc1. The molecule has 4 nitrogen and oxygen atoms in total. The normalized spacial score (nSPS) is 12.3. The van der Waals surface area contributed by atoms with Gasteiger partial charge in [-0.25, -0.2) is 0 Å². The Balaban J connectivity index is 0.914. The summed E-state index contributed by atoms with van der Waals surface area (Å²) in [6.07, 6.45) is 0. The molecule has 0 radical (unpaired) electrons. The van der Waals surface area contributed by atoms with Gasteiger partial charge in [0.25, 0.3) is 0 Å². The molecule has 0 fully saturated rings. The molecular formula is C54H33N3O. The van der Waals surface area contributed by atoms with E-state index < -0.39 is 0 Å². The zero-order chi connectivity index (χ0) is 37.9. The van der Waals surface area contributed by atoms with Crippen molar-refractivity contribution in [3.8, 4) is 50.8 Å². The number of ether oxygens (including phenoxy) is 1. The standard InChI is InChI=1S/C54H33N3O/c1-2-11-38(12-3-1)55-46-16-6-4-13-40(46)44-31-35(24-29-48(44)55)36-25-30-49-45(32-36)41-14-5-7-17-47(41)56(49)39-26-21-34(22-27-39)37-23-28-42-43-15-10-20-53-54(43)57(51(42)33-37)50-18-8-9-19-52(50)58-53/h1-33H. The lowest BCUT2D eigenvalue weighted by molar-refractivity contribution is 0.476. The second-order valence-electron chi connectivity index (χ2n) is 15.3. The van der Waals surface area contributed by atoms with Crippen LogP contribution >= 0.6 is 0 Å². The third-order valence-electron chi connectivity index (χ3n) is 12.2. The predicted octanol–water partition coefficient (Wildman–Crippen LogP) is 14.4. The third-order valence-corrected chi connectivity index (χ3v) is 12.2. The van der Waals surface area contributed by atoms with Crippen LogP contribution < -0.4 is 4.74 Å². The fourth-order valence-electron chi connectivity index (χ4n) is 9.64. The molecule has 13 rings (SSSR count). The van der Waals surface area contributed by atoms with Gasteiger partial charge in [0.05, 0.1) is 38.8 Å². The average Bonchev–Trinajstić information content (AvgIpc) is 3.93. The Hall–Kier alpha value is -7.82. The Morgan fingerprint density at radius 2 is 0.776 bits per heavy atom. The highest BCUT2D eigenvalue weighted by Gasteiger charge is 2.24. The number of benzene rings is 9. The first-order chi connectivity index (χ1) is 28.8. The molecule has 58 heavy (non-hydrogen) atoms. The molecule has 12 aromatic rings. The fourth-order valence-corrected chi connectivity index (χ4v) is 9.64. The van der Waals surface area contributed by atoms with E-state index >= 15 is 0 Å². The van der Waals surface area contributed by atoms with Gasteiger partial charge in [0.15, 0.2) is 11.5 Å². The van der Waals surface area contributed by atoms with Gasteiger partial charge >= 0.3 is 0 Å². The van der Waals surface area contributed by atoms with Crippen LogP contribution in [0.4, 0.5) is 0 Å². The first-order valence-electron chi connectivity index (χ1n) is 19.8. The van der Waals surface area contributed by atoms with E-state index in [2.05, 4.69) is 202 Å². The number of hydrogen-bond donors (Lipinski definition) is 0. The Labute approximate surface area is 333 Å². The van der Waals surface area contributed by atoms with Crippen LogP contribution in [-0.4, -0.2) is 13.7 Å². The van der Waals surface area contributed by atoms with Gasteiger partial charge in [-0.1, -0.05) is 115 Å². The van der Waals surface area contributed by atoms with Crippen LogP contribution in [0.2, 0.25) is 0 Å². The van der Waals surface area contributed by atoms with Crippen molar-refractivity contribution in [2.75, 3.05) is 0 Å². The van der Waals surface area contributed by atoms with E-state index in [-0.39, 0.29) is 0 Å². The van der Waals surface area contributed by atoms with Crippen LogP contribution in [0.1, 0.15) is 0 Å². The summed E-state index contributed by atoms with van der Waals surface area (Å²) in [7, 11) is 0. The van der Waals surface area contributed by atoms with Crippen LogP contribution in [0.5, 0.6) is 11.5 Å². The van der Waals surface area contributed by atoms with E-state index in [1.165, 1.54) is 87.8 Å². The summed E-state index contributed by atoms with van der Waals surface area (Å²) in [4.78, 5) is 0. The van der Waals surface area contributed by atoms with Crippen molar-refractivity contribution in [1.29, 1.82) is 0 Å². The zero-order valence-electron chi connectivity index (χ0n) is 31.3. The number of aromatic nitrogens is 3. The first-order valence-corrected chi connectivity index (χ1v) is 19.8. The van der Waals surface area contributed by atoms with Gasteiger partial charge in [-0.05, 0) is 107 Å². The molecule has 0 saturated heterocycles. The molecule has 270 valence electrons. The molecule has 9 aromatic carbocycles. The summed E-state index contributed by atoms with van der Waals surface area (Å²) >= 11 is 0. The van der Waals surface area contributed by atoms with Crippen molar-refractivity contribution in [2.24, 2.45) is 0 Å². The van der Waals surface area contributed by atoms with Crippen molar-refractivity contribution in [1.82, 2.24) is 13.7 Å². The van der Waals surface area contributed by atoms with E-state index in [9.17, 15) is 0 Å². The molecule has 0 amide bonds. The molecule has 1 aliphatic heterocycles. The minimum absolute atomic E-state index is 0.876. The topological polar surface area (TPSA) is 24.0 Å². The molecule has 0 bridgehead atoms. The summed E-state index contributed by atoms with van der Waals surface area (Å²) in [6.45, 7) is 0. The van der Waals surface area contributed by atoms with E-state index in [1.807, 2.05) is 12.1 Å². The summed E-state index contributed by atoms with van der Waals surface area (Å²) in [6, 6.07) is 72.5. The smallest absolute Gasteiger partial charge is 0.152 e. The van der Waals surface area contributed by atoms with E-state index in [0.29, 0.717) is 0 Å². The molecule has 3 aromatic heterocycles. The number of rotatable bonds is 4. The second kappa shape index (κ2) is 11.8. The molecule has 0 aliphatic carbocycles. The van der Waals surface area contributed by atoms with Crippen LogP contribution in [0.3, 0.4) is 0 Å². The minimum Gasteiger partial charge on any atom is -0.453 e. The largest absolute Gasteiger partial charge is 0.453 e. The molecular weight excluding hydrogens is 707 g/mol. The van der Waals surface area contributed by atoms with Crippen molar-refractivity contribution in [3.63, 3.8) is 0 Å². The van der Waals surface area contributed by atoms with Gasteiger partial charge in [-0.3, -0.25) is 0 Å². The van der Waals surface area contributed by atoms with Gasteiger partial charge < -0.3 is 18.4 Å².